The highest BCUT2D eigenvalue weighted by Crippen LogP contribution is 2.24. The number of aliphatic carboxylic acids is 7. The van der Waals surface area contributed by atoms with Crippen LogP contribution < -0.4 is 26.6 Å². The van der Waals surface area contributed by atoms with Crippen molar-refractivity contribution in [2.75, 3.05) is 91.6 Å². The summed E-state index contributed by atoms with van der Waals surface area (Å²) in [7, 11) is 0. The lowest BCUT2D eigenvalue weighted by Gasteiger charge is -2.37. The number of hydrogen-bond donors (Lipinski definition) is 12. The molecule has 0 spiro atoms. The van der Waals surface area contributed by atoms with Gasteiger partial charge in [0, 0.05) is 134 Å². The summed E-state index contributed by atoms with van der Waals surface area (Å²) < 4.78 is 0. The molecule has 104 heavy (non-hydrogen) atoms. The van der Waals surface area contributed by atoms with Gasteiger partial charge in [-0.3, -0.25) is 67.5 Å². The zero-order valence-electron chi connectivity index (χ0n) is 59.3. The second-order valence-corrected chi connectivity index (χ2v) is 26.9. The number of hydrogen-bond acceptors (Lipinski definition) is 20. The van der Waals surface area contributed by atoms with Crippen LogP contribution in [-0.2, 0) is 88.0 Å². The molecule has 576 valence electrons. The van der Waals surface area contributed by atoms with Crippen LogP contribution in [0.25, 0.3) is 0 Å². The van der Waals surface area contributed by atoms with E-state index >= 15 is 0 Å². The minimum Gasteiger partial charge on any atom is -0.481 e. The first-order valence-electron chi connectivity index (χ1n) is 35.7. The SMILES string of the molecule is O=C(O)CCCNC(=O)N[C@@H](CCC(=O)CCCCCCCCC(=O)C[C@@H](CCCCNC(=S)Cc1ccc(CC2CN(CC(=O)O)CCN(CC(=O)O)CCN(CC(=O)O)CCN2CC(=O)O)cc1)C(=O)N[C@@H](CCCCNC(=O)CCC(=O)c1ccc2c(c1)CCCC2)C(=O)O)C(=O)O.O=C=O. The lowest BCUT2D eigenvalue weighted by Crippen LogP contribution is -2.53. The van der Waals surface area contributed by atoms with Gasteiger partial charge < -0.3 is 62.3 Å². The number of unbranched alkanes of at least 4 members (excludes halogenated alkanes) is 7. The summed E-state index contributed by atoms with van der Waals surface area (Å²) in [5.41, 5.74) is 4.69. The van der Waals surface area contributed by atoms with Crippen LogP contribution in [0.15, 0.2) is 42.5 Å². The standard InChI is InChI=1S/C71H105N9O20S.CO2/c81-56(27-28-59(70(98)99)76-71(100)74-33-13-20-63(85)86)17-5-3-1-2-4-6-18-57(82)43-54(68(95)75-58(69(96)97)19-10-12-31-72-61(84)30-29-60(83)53-26-25-51-14-7-8-15-52(51)42-53)16-9-11-32-73-62(101)41-50-23-21-49(22-24-50)40-55-44-79(47-66(91)92)37-36-77(45-64(87)88)34-35-78(46-65(89)90)38-39-80(55)48-67(93)94;2-1-3/h21-26,42,54-55,58-59H,1-20,27-41,43-48H2,(H,72,84)(H,73,101)(H,75,95)(H,85,86)(H,87,88)(H,89,90)(H,91,92)(H,93,94)(H,96,97)(H,98,99)(H2,74,76,100);/t54-,55?,58+,59+;/m1./s1. The van der Waals surface area contributed by atoms with E-state index in [0.717, 1.165) is 49.7 Å². The quantitative estimate of drug-likeness (QED) is 0.0250. The Morgan fingerprint density at radius 2 is 1.00 bits per heavy atom. The van der Waals surface area contributed by atoms with Crippen LogP contribution in [0, 0.1) is 5.92 Å². The normalized spacial score (nSPS) is 15.4. The monoisotopic (exact) mass is 1480 g/mol. The third kappa shape index (κ3) is 40.2. The van der Waals surface area contributed by atoms with Crippen molar-refractivity contribution in [1.82, 2.24) is 46.2 Å². The number of ketones is 3. The Morgan fingerprint density at radius 3 is 1.60 bits per heavy atom. The number of carbonyl (C=O) groups is 13. The number of nitrogens with zero attached hydrogens (tertiary/aromatic N) is 4. The van der Waals surface area contributed by atoms with Crippen molar-refractivity contribution in [2.24, 2.45) is 5.92 Å². The number of carboxylic acid groups (broad SMARTS) is 7. The number of benzene rings is 2. The van der Waals surface area contributed by atoms with Crippen LogP contribution in [0.4, 0.5) is 4.79 Å². The van der Waals surface area contributed by atoms with Crippen LogP contribution in [0.1, 0.15) is 180 Å². The fourth-order valence-corrected chi connectivity index (χ4v) is 12.7. The zero-order valence-corrected chi connectivity index (χ0v) is 60.1. The molecule has 2 aliphatic rings. The molecule has 2 aromatic carbocycles. The van der Waals surface area contributed by atoms with Gasteiger partial charge in [0.1, 0.15) is 23.7 Å². The molecule has 0 bridgehead atoms. The molecule has 4 rings (SSSR count). The maximum Gasteiger partial charge on any atom is 0.373 e. The minimum absolute atomic E-state index is 0.00629. The molecule has 4 atom stereocenters. The van der Waals surface area contributed by atoms with E-state index in [-0.39, 0.29) is 179 Å². The molecule has 1 aliphatic heterocycles. The molecule has 1 saturated heterocycles. The zero-order chi connectivity index (χ0) is 76.8. The summed E-state index contributed by atoms with van der Waals surface area (Å²) in [5, 5.41) is 81.0. The number of rotatable bonds is 49. The Labute approximate surface area is 611 Å². The van der Waals surface area contributed by atoms with E-state index in [2.05, 4.69) is 26.6 Å². The van der Waals surface area contributed by atoms with Crippen molar-refractivity contribution in [1.29, 1.82) is 0 Å². The number of Topliss-reactive ketones (excluding diaryl/α,β-unsaturated/α-hetero) is 3. The van der Waals surface area contributed by atoms with Crippen molar-refractivity contribution in [3.05, 3.63) is 70.3 Å². The van der Waals surface area contributed by atoms with Crippen LogP contribution in [-0.4, -0.2) is 253 Å². The van der Waals surface area contributed by atoms with Crippen LogP contribution >= 0.6 is 12.2 Å². The van der Waals surface area contributed by atoms with Crippen LogP contribution in [0.3, 0.4) is 0 Å². The van der Waals surface area contributed by atoms with Crippen molar-refractivity contribution >= 4 is 100 Å². The minimum atomic E-state index is -1.31. The molecular formula is C72H105N9O22S. The van der Waals surface area contributed by atoms with Crippen molar-refractivity contribution < 1.29 is 108 Å². The number of carbonyl (C=O) groups excluding carboxylic acids is 8. The molecule has 1 fully saturated rings. The average molecular weight is 1480 g/mol. The van der Waals surface area contributed by atoms with E-state index in [1.54, 1.807) is 19.6 Å². The number of nitrogens with one attached hydrogen (secondary N) is 5. The van der Waals surface area contributed by atoms with Crippen molar-refractivity contribution in [3.63, 3.8) is 0 Å². The first-order valence-corrected chi connectivity index (χ1v) is 36.1. The number of fused-ring (bicyclic) bond motifs is 1. The van der Waals surface area contributed by atoms with E-state index in [1.165, 1.54) is 11.1 Å². The highest BCUT2D eigenvalue weighted by molar-refractivity contribution is 7.80. The Balaban J connectivity index is 0.00000919. The Bertz CT molecular complexity index is 3180. The predicted molar refractivity (Wildman–Crippen MR) is 381 cm³/mol. The van der Waals surface area contributed by atoms with Gasteiger partial charge in [0.05, 0.1) is 31.2 Å². The molecule has 31 nitrogen and oxygen atoms in total. The van der Waals surface area contributed by atoms with E-state index in [0.29, 0.717) is 81.3 Å². The molecule has 1 aliphatic carbocycles. The smallest absolute Gasteiger partial charge is 0.373 e. The average Bonchev–Trinajstić information content (AvgIpc) is 0.850. The molecule has 0 saturated carbocycles. The number of thiocarbonyl (C=S) groups is 1. The Morgan fingerprint density at radius 1 is 0.481 bits per heavy atom. The van der Waals surface area contributed by atoms with Crippen LogP contribution in [0.2, 0.25) is 0 Å². The Hall–Kier alpha value is -8.94. The van der Waals surface area contributed by atoms with Gasteiger partial charge in [0.25, 0.3) is 0 Å². The van der Waals surface area contributed by atoms with Gasteiger partial charge in [-0.15, -0.1) is 0 Å². The largest absolute Gasteiger partial charge is 0.481 e. The predicted octanol–water partition coefficient (Wildman–Crippen LogP) is 4.26. The summed E-state index contributed by atoms with van der Waals surface area (Å²) in [5.74, 6) is -10.2. The Kier molecular flexibility index (Phi) is 44.0. The fourth-order valence-electron chi connectivity index (χ4n) is 12.4. The van der Waals surface area contributed by atoms with Gasteiger partial charge >= 0.3 is 54.0 Å². The molecule has 4 amide bonds. The summed E-state index contributed by atoms with van der Waals surface area (Å²) >= 11 is 5.72. The summed E-state index contributed by atoms with van der Waals surface area (Å²) in [6.07, 6.45) is 11.4. The second-order valence-electron chi connectivity index (χ2n) is 26.4. The maximum absolute atomic E-state index is 14.0. The van der Waals surface area contributed by atoms with Crippen molar-refractivity contribution in [2.45, 2.75) is 191 Å². The molecule has 1 unspecified atom stereocenters. The molecular weight excluding hydrogens is 1370 g/mol. The third-order valence-electron chi connectivity index (χ3n) is 18.0. The van der Waals surface area contributed by atoms with Gasteiger partial charge in [-0.05, 0) is 118 Å². The molecule has 2 aromatic rings. The van der Waals surface area contributed by atoms with Gasteiger partial charge in [-0.1, -0.05) is 80.7 Å². The van der Waals surface area contributed by atoms with Gasteiger partial charge in [-0.25, -0.2) is 14.4 Å². The number of urea groups is 1. The lowest BCUT2D eigenvalue weighted by molar-refractivity contribution is -0.192. The van der Waals surface area contributed by atoms with E-state index in [1.807, 2.05) is 42.5 Å². The number of aryl methyl sites for hydroxylation is 2. The van der Waals surface area contributed by atoms with Crippen LogP contribution in [0.5, 0.6) is 0 Å². The van der Waals surface area contributed by atoms with Crippen molar-refractivity contribution in [3.8, 4) is 0 Å². The summed E-state index contributed by atoms with van der Waals surface area (Å²) in [4.78, 5) is 184. The van der Waals surface area contributed by atoms with Gasteiger partial charge in [-0.2, -0.15) is 9.59 Å². The summed E-state index contributed by atoms with van der Waals surface area (Å²) in [6, 6.07) is 9.34. The second kappa shape index (κ2) is 51.3. The van der Waals surface area contributed by atoms with E-state index in [9.17, 15) is 93.0 Å². The topological polar surface area (TPSA) is 471 Å². The molecule has 0 radical (unpaired) electrons. The lowest BCUT2D eigenvalue weighted by atomic mass is 9.89. The first-order chi connectivity index (χ1) is 49.6. The molecule has 1 heterocycles. The third-order valence-corrected chi connectivity index (χ3v) is 18.3. The highest BCUT2D eigenvalue weighted by atomic mass is 32.1. The fraction of sp³-hybridized carbons (Fsp3) is 0.625. The molecule has 0 aromatic heterocycles. The molecule has 12 N–H and O–H groups in total. The maximum atomic E-state index is 14.0. The highest BCUT2D eigenvalue weighted by Gasteiger charge is 2.30. The van der Waals surface area contributed by atoms with E-state index in [4.69, 9.17) is 26.9 Å². The van der Waals surface area contributed by atoms with Gasteiger partial charge in [0.2, 0.25) is 11.8 Å². The first kappa shape index (κ1) is 89.3. The number of carboxylic acids is 7. The summed E-state index contributed by atoms with van der Waals surface area (Å²) in [6.45, 7) is 0.293. The number of amides is 4. The van der Waals surface area contributed by atoms with E-state index < -0.39 is 84.3 Å². The van der Waals surface area contributed by atoms with Gasteiger partial charge in [0.15, 0.2) is 5.78 Å². The molecule has 32 heteroatoms.